The summed E-state index contributed by atoms with van der Waals surface area (Å²) in [5, 5.41) is 10.9. The summed E-state index contributed by atoms with van der Waals surface area (Å²) in [5.41, 5.74) is 1.45. The Bertz CT molecular complexity index is 568. The van der Waals surface area contributed by atoms with Crippen molar-refractivity contribution < 1.29 is 9.90 Å². The van der Waals surface area contributed by atoms with E-state index in [4.69, 9.17) is 0 Å². The lowest BCUT2D eigenvalue weighted by atomic mass is 9.70. The third kappa shape index (κ3) is 2.87. The first-order chi connectivity index (χ1) is 10.9. The second-order valence-electron chi connectivity index (χ2n) is 7.98. The van der Waals surface area contributed by atoms with Crippen molar-refractivity contribution in [1.82, 2.24) is 0 Å². The van der Waals surface area contributed by atoms with Gasteiger partial charge in [0.25, 0.3) is 0 Å². The maximum absolute atomic E-state index is 11.7. The number of rotatable bonds is 6. The van der Waals surface area contributed by atoms with Crippen molar-refractivity contribution >= 4 is 17.5 Å². The highest BCUT2D eigenvalue weighted by molar-refractivity contribution is 7.99. The van der Waals surface area contributed by atoms with E-state index in [9.17, 15) is 9.90 Å². The molecule has 1 N–H and O–H groups in total. The first-order valence-corrected chi connectivity index (χ1v) is 9.76. The highest BCUT2D eigenvalue weighted by Crippen LogP contribution is 2.67. The van der Waals surface area contributed by atoms with Crippen LogP contribution in [0.1, 0.15) is 57.3 Å². The molecule has 0 heterocycles. The second-order valence-corrected chi connectivity index (χ2v) is 9.17. The SMILES string of the molecule is CC(=O)C[C@@H](SC[C@]12CC[C@H](C[C@H]1O)C2(C)C)c1ccccc1. The lowest BCUT2D eigenvalue weighted by Gasteiger charge is -2.41. The number of benzene rings is 1. The zero-order valence-corrected chi connectivity index (χ0v) is 15.2. The number of Topliss-reactive ketones (excluding diaryl/α,β-unsaturated/α-hetero) is 1. The molecule has 1 aromatic carbocycles. The van der Waals surface area contributed by atoms with Crippen LogP contribution in [0.15, 0.2) is 30.3 Å². The van der Waals surface area contributed by atoms with Crippen molar-refractivity contribution in [3.05, 3.63) is 35.9 Å². The second kappa shape index (κ2) is 6.25. The van der Waals surface area contributed by atoms with Gasteiger partial charge in [-0.3, -0.25) is 4.79 Å². The molecule has 2 aliphatic rings. The van der Waals surface area contributed by atoms with Crippen molar-refractivity contribution in [2.24, 2.45) is 16.7 Å². The summed E-state index contributed by atoms with van der Waals surface area (Å²) in [6, 6.07) is 10.3. The molecule has 1 aromatic rings. The van der Waals surface area contributed by atoms with Crippen molar-refractivity contribution in [2.45, 2.75) is 57.8 Å². The molecule has 3 rings (SSSR count). The van der Waals surface area contributed by atoms with E-state index in [-0.39, 0.29) is 28.0 Å². The van der Waals surface area contributed by atoms with Crippen LogP contribution in [0, 0.1) is 16.7 Å². The van der Waals surface area contributed by atoms with Crippen LogP contribution in [-0.4, -0.2) is 22.7 Å². The fourth-order valence-electron chi connectivity index (χ4n) is 4.83. The molecule has 2 bridgehead atoms. The van der Waals surface area contributed by atoms with E-state index < -0.39 is 0 Å². The number of aliphatic hydroxyl groups excluding tert-OH is 1. The van der Waals surface area contributed by atoms with Crippen LogP contribution in [0.2, 0.25) is 0 Å². The lowest BCUT2D eigenvalue weighted by Crippen LogP contribution is -2.41. The summed E-state index contributed by atoms with van der Waals surface area (Å²) in [4.78, 5) is 11.7. The predicted molar refractivity (Wildman–Crippen MR) is 96.5 cm³/mol. The number of aliphatic hydroxyl groups is 1. The topological polar surface area (TPSA) is 37.3 Å². The van der Waals surface area contributed by atoms with E-state index in [1.165, 1.54) is 12.0 Å². The minimum absolute atomic E-state index is 0.0200. The molecule has 0 aromatic heterocycles. The van der Waals surface area contributed by atoms with E-state index >= 15 is 0 Å². The molecule has 2 saturated carbocycles. The van der Waals surface area contributed by atoms with Crippen molar-refractivity contribution in [3.63, 3.8) is 0 Å². The zero-order chi connectivity index (χ0) is 16.7. The van der Waals surface area contributed by atoms with Crippen molar-refractivity contribution in [1.29, 1.82) is 0 Å². The first-order valence-electron chi connectivity index (χ1n) is 8.71. The molecule has 2 nitrogen and oxygen atoms in total. The Morgan fingerprint density at radius 3 is 2.57 bits per heavy atom. The van der Waals surface area contributed by atoms with Gasteiger partial charge in [0.15, 0.2) is 0 Å². The Balaban J connectivity index is 1.78. The van der Waals surface area contributed by atoms with Crippen LogP contribution in [0.3, 0.4) is 0 Å². The lowest BCUT2D eigenvalue weighted by molar-refractivity contribution is -0.117. The number of carbonyl (C=O) groups is 1. The summed E-state index contributed by atoms with van der Waals surface area (Å²) in [6.45, 7) is 6.35. The molecule has 3 heteroatoms. The van der Waals surface area contributed by atoms with E-state index in [1.54, 1.807) is 6.92 Å². The van der Waals surface area contributed by atoms with Gasteiger partial charge in [-0.25, -0.2) is 0 Å². The Morgan fingerprint density at radius 2 is 2.04 bits per heavy atom. The van der Waals surface area contributed by atoms with Gasteiger partial charge in [0.1, 0.15) is 5.78 Å². The summed E-state index contributed by atoms with van der Waals surface area (Å²) in [6.07, 6.45) is 3.71. The number of carbonyl (C=O) groups excluding carboxylic acids is 1. The Hall–Kier alpha value is -0.800. The highest BCUT2D eigenvalue weighted by atomic mass is 32.2. The van der Waals surface area contributed by atoms with Crippen LogP contribution in [0.4, 0.5) is 0 Å². The molecule has 0 radical (unpaired) electrons. The fourth-order valence-corrected chi connectivity index (χ4v) is 6.74. The van der Waals surface area contributed by atoms with Crippen LogP contribution >= 0.6 is 11.8 Å². The predicted octanol–water partition coefficient (Wildman–Crippen LogP) is 4.63. The van der Waals surface area contributed by atoms with E-state index in [2.05, 4.69) is 26.0 Å². The number of hydrogen-bond donors (Lipinski definition) is 1. The normalized spacial score (nSPS) is 32.9. The van der Waals surface area contributed by atoms with Crippen LogP contribution < -0.4 is 0 Å². The molecule has 0 aliphatic heterocycles. The minimum atomic E-state index is -0.183. The van der Waals surface area contributed by atoms with Crippen LogP contribution in [0.5, 0.6) is 0 Å². The summed E-state index contributed by atoms with van der Waals surface area (Å²) in [7, 11) is 0. The molecular weight excluding hydrogens is 304 g/mol. The average Bonchev–Trinajstić information content (AvgIpc) is 2.86. The summed E-state index contributed by atoms with van der Waals surface area (Å²) < 4.78 is 0. The molecule has 23 heavy (non-hydrogen) atoms. The third-order valence-electron chi connectivity index (χ3n) is 6.57. The van der Waals surface area contributed by atoms with Gasteiger partial charge in [0.05, 0.1) is 6.10 Å². The van der Waals surface area contributed by atoms with Crippen LogP contribution in [0.25, 0.3) is 0 Å². The summed E-state index contributed by atoms with van der Waals surface area (Å²) >= 11 is 1.88. The van der Waals surface area contributed by atoms with Crippen LogP contribution in [-0.2, 0) is 4.79 Å². The van der Waals surface area contributed by atoms with Gasteiger partial charge in [0.2, 0.25) is 0 Å². The quantitative estimate of drug-likeness (QED) is 0.825. The van der Waals surface area contributed by atoms with Gasteiger partial charge in [-0.1, -0.05) is 44.2 Å². The zero-order valence-electron chi connectivity index (χ0n) is 14.4. The largest absolute Gasteiger partial charge is 0.392 e. The van der Waals surface area contributed by atoms with E-state index in [0.29, 0.717) is 12.3 Å². The maximum Gasteiger partial charge on any atom is 0.131 e. The molecule has 0 saturated heterocycles. The molecule has 2 fully saturated rings. The standard InChI is InChI=1S/C20H28O2S/c1-14(21)11-17(15-7-5-4-6-8-15)23-13-20-10-9-16(12-18(20)22)19(20,2)3/h4-8,16-18,22H,9-13H2,1-3H3/t16-,17-,18-,20-/m1/s1. The fraction of sp³-hybridized carbons (Fsp3) is 0.650. The molecule has 126 valence electrons. The number of hydrogen-bond acceptors (Lipinski definition) is 3. The van der Waals surface area contributed by atoms with E-state index in [1.807, 2.05) is 30.0 Å². The van der Waals surface area contributed by atoms with Crippen molar-refractivity contribution in [3.8, 4) is 0 Å². The molecular formula is C20H28O2S. The Morgan fingerprint density at radius 1 is 1.35 bits per heavy atom. The highest BCUT2D eigenvalue weighted by Gasteiger charge is 2.63. The van der Waals surface area contributed by atoms with Crippen molar-refractivity contribution in [2.75, 3.05) is 5.75 Å². The molecule has 2 aliphatic carbocycles. The van der Waals surface area contributed by atoms with Gasteiger partial charge in [-0.2, -0.15) is 11.8 Å². The first kappa shape index (κ1) is 17.0. The maximum atomic E-state index is 11.7. The van der Waals surface area contributed by atoms with Gasteiger partial charge < -0.3 is 5.11 Å². The molecule has 0 unspecified atom stereocenters. The molecule has 0 spiro atoms. The summed E-state index contributed by atoms with van der Waals surface area (Å²) in [5.74, 6) is 1.84. The Labute approximate surface area is 144 Å². The monoisotopic (exact) mass is 332 g/mol. The Kier molecular flexibility index (Phi) is 4.63. The van der Waals surface area contributed by atoms with Gasteiger partial charge in [-0.15, -0.1) is 0 Å². The number of fused-ring (bicyclic) bond motifs is 2. The van der Waals surface area contributed by atoms with E-state index in [0.717, 1.165) is 18.6 Å². The van der Waals surface area contributed by atoms with Gasteiger partial charge >= 0.3 is 0 Å². The van der Waals surface area contributed by atoms with Gasteiger partial charge in [0, 0.05) is 22.8 Å². The minimum Gasteiger partial charge on any atom is -0.392 e. The smallest absolute Gasteiger partial charge is 0.131 e. The average molecular weight is 333 g/mol. The molecule has 0 amide bonds. The molecule has 4 atom stereocenters. The van der Waals surface area contributed by atoms with Gasteiger partial charge in [-0.05, 0) is 43.1 Å². The third-order valence-corrected chi connectivity index (χ3v) is 8.10. The number of thioether (sulfide) groups is 1. The number of ketones is 1.